The Labute approximate surface area is 83.6 Å². The van der Waals surface area contributed by atoms with Gasteiger partial charge in [-0.15, -0.1) is 0 Å². The van der Waals surface area contributed by atoms with E-state index in [1.54, 1.807) is 6.20 Å². The molecule has 0 amide bonds. The minimum Gasteiger partial charge on any atom is -0.326 e. The van der Waals surface area contributed by atoms with Crippen molar-refractivity contribution in [2.75, 3.05) is 0 Å². The van der Waals surface area contributed by atoms with Crippen LogP contribution < -0.4 is 5.56 Å². The van der Waals surface area contributed by atoms with Crippen molar-refractivity contribution in [3.05, 3.63) is 28.4 Å². The molecule has 0 spiro atoms. The van der Waals surface area contributed by atoms with Gasteiger partial charge in [-0.2, -0.15) is 0 Å². The molecule has 1 aromatic heterocycles. The van der Waals surface area contributed by atoms with Gasteiger partial charge in [0, 0.05) is 6.20 Å². The SMILES string of the molecule is O=c1cnc(CC2CCCCC2)c[nH]1. The molecule has 1 aromatic rings. The minimum atomic E-state index is -0.114. The first-order valence-corrected chi connectivity index (χ1v) is 5.38. The molecule has 0 atom stereocenters. The summed E-state index contributed by atoms with van der Waals surface area (Å²) in [7, 11) is 0. The highest BCUT2D eigenvalue weighted by atomic mass is 16.1. The van der Waals surface area contributed by atoms with E-state index in [1.165, 1.54) is 38.3 Å². The Balaban J connectivity index is 1.96. The van der Waals surface area contributed by atoms with E-state index in [1.807, 2.05) is 0 Å². The van der Waals surface area contributed by atoms with Crippen LogP contribution >= 0.6 is 0 Å². The molecule has 1 N–H and O–H groups in total. The summed E-state index contributed by atoms with van der Waals surface area (Å²) in [6.07, 6.45) is 10.9. The first-order valence-electron chi connectivity index (χ1n) is 5.38. The van der Waals surface area contributed by atoms with Gasteiger partial charge in [-0.05, 0) is 12.3 Å². The third-order valence-corrected chi connectivity index (χ3v) is 2.95. The zero-order valence-electron chi connectivity index (χ0n) is 8.33. The number of aromatic nitrogens is 2. The molecule has 1 aliphatic carbocycles. The predicted molar refractivity (Wildman–Crippen MR) is 55.1 cm³/mol. The summed E-state index contributed by atoms with van der Waals surface area (Å²) >= 11 is 0. The van der Waals surface area contributed by atoms with E-state index in [4.69, 9.17) is 0 Å². The average Bonchev–Trinajstić information content (AvgIpc) is 2.23. The molecular weight excluding hydrogens is 176 g/mol. The predicted octanol–water partition coefficient (Wildman–Crippen LogP) is 1.89. The molecule has 2 rings (SSSR count). The monoisotopic (exact) mass is 192 g/mol. The summed E-state index contributed by atoms with van der Waals surface area (Å²) in [6, 6.07) is 0. The highest BCUT2D eigenvalue weighted by Gasteiger charge is 2.14. The van der Waals surface area contributed by atoms with Crippen molar-refractivity contribution in [2.24, 2.45) is 5.92 Å². The van der Waals surface area contributed by atoms with E-state index < -0.39 is 0 Å². The molecule has 0 saturated heterocycles. The molecule has 0 radical (unpaired) electrons. The van der Waals surface area contributed by atoms with Crippen LogP contribution in [0.1, 0.15) is 37.8 Å². The summed E-state index contributed by atoms with van der Waals surface area (Å²) in [5.41, 5.74) is 0.911. The third kappa shape index (κ3) is 2.44. The number of H-pyrrole nitrogens is 1. The summed E-state index contributed by atoms with van der Waals surface area (Å²) in [5.74, 6) is 0.780. The molecular formula is C11H16N2O. The molecule has 1 aliphatic rings. The summed E-state index contributed by atoms with van der Waals surface area (Å²) in [5, 5.41) is 0. The summed E-state index contributed by atoms with van der Waals surface area (Å²) in [6.45, 7) is 0. The zero-order chi connectivity index (χ0) is 9.80. The van der Waals surface area contributed by atoms with E-state index in [9.17, 15) is 4.79 Å². The molecule has 1 saturated carbocycles. The fourth-order valence-corrected chi connectivity index (χ4v) is 2.17. The normalized spacial score (nSPS) is 18.3. The Bertz CT molecular complexity index is 319. The highest BCUT2D eigenvalue weighted by Crippen LogP contribution is 2.25. The van der Waals surface area contributed by atoms with Crippen LogP contribution in [-0.2, 0) is 6.42 Å². The van der Waals surface area contributed by atoms with E-state index in [0.717, 1.165) is 18.0 Å². The van der Waals surface area contributed by atoms with Crippen molar-refractivity contribution >= 4 is 0 Å². The van der Waals surface area contributed by atoms with E-state index >= 15 is 0 Å². The topological polar surface area (TPSA) is 45.8 Å². The average molecular weight is 192 g/mol. The maximum Gasteiger partial charge on any atom is 0.266 e. The lowest BCUT2D eigenvalue weighted by molar-refractivity contribution is 0.354. The quantitative estimate of drug-likeness (QED) is 0.777. The van der Waals surface area contributed by atoms with Crippen LogP contribution in [0, 0.1) is 5.92 Å². The molecule has 14 heavy (non-hydrogen) atoms. The van der Waals surface area contributed by atoms with Gasteiger partial charge in [0.25, 0.3) is 5.56 Å². The summed E-state index contributed by atoms with van der Waals surface area (Å²) < 4.78 is 0. The van der Waals surface area contributed by atoms with Crippen LogP contribution in [-0.4, -0.2) is 9.97 Å². The first-order chi connectivity index (χ1) is 6.84. The lowest BCUT2D eigenvalue weighted by atomic mass is 9.86. The molecule has 0 aliphatic heterocycles. The minimum absolute atomic E-state index is 0.114. The number of hydrogen-bond acceptors (Lipinski definition) is 2. The third-order valence-electron chi connectivity index (χ3n) is 2.95. The molecule has 1 fully saturated rings. The van der Waals surface area contributed by atoms with Gasteiger partial charge in [-0.25, -0.2) is 0 Å². The Morgan fingerprint density at radius 1 is 1.36 bits per heavy atom. The molecule has 1 heterocycles. The number of nitrogens with zero attached hydrogens (tertiary/aromatic N) is 1. The van der Waals surface area contributed by atoms with Crippen molar-refractivity contribution < 1.29 is 0 Å². The second-order valence-electron chi connectivity index (χ2n) is 4.11. The lowest BCUT2D eigenvalue weighted by Crippen LogP contribution is -2.12. The molecule has 3 heteroatoms. The number of hydrogen-bond donors (Lipinski definition) is 1. The Morgan fingerprint density at radius 3 is 2.79 bits per heavy atom. The number of aromatic amines is 1. The van der Waals surface area contributed by atoms with Crippen molar-refractivity contribution in [3.8, 4) is 0 Å². The Morgan fingerprint density at radius 2 is 2.14 bits per heavy atom. The van der Waals surface area contributed by atoms with E-state index in [2.05, 4.69) is 9.97 Å². The molecule has 0 bridgehead atoms. The first kappa shape index (κ1) is 9.44. The van der Waals surface area contributed by atoms with Crippen molar-refractivity contribution in [1.82, 2.24) is 9.97 Å². The van der Waals surface area contributed by atoms with Crippen molar-refractivity contribution in [2.45, 2.75) is 38.5 Å². The molecule has 0 aromatic carbocycles. The van der Waals surface area contributed by atoms with Gasteiger partial charge in [0.1, 0.15) is 0 Å². The standard InChI is InChI=1S/C11H16N2O/c14-11-8-12-10(7-13-11)6-9-4-2-1-3-5-9/h7-9H,1-6H2,(H,13,14). The van der Waals surface area contributed by atoms with E-state index in [-0.39, 0.29) is 5.56 Å². The molecule has 76 valence electrons. The van der Waals surface area contributed by atoms with Crippen LogP contribution in [0.5, 0.6) is 0 Å². The fourth-order valence-electron chi connectivity index (χ4n) is 2.17. The largest absolute Gasteiger partial charge is 0.326 e. The van der Waals surface area contributed by atoms with Crippen LogP contribution in [0.25, 0.3) is 0 Å². The number of rotatable bonds is 2. The second kappa shape index (κ2) is 4.40. The van der Waals surface area contributed by atoms with Gasteiger partial charge >= 0.3 is 0 Å². The van der Waals surface area contributed by atoms with Gasteiger partial charge in [0.15, 0.2) is 0 Å². The van der Waals surface area contributed by atoms with E-state index in [0.29, 0.717) is 0 Å². The van der Waals surface area contributed by atoms with Gasteiger partial charge in [0.05, 0.1) is 11.9 Å². The van der Waals surface area contributed by atoms with Gasteiger partial charge in [-0.1, -0.05) is 32.1 Å². The maximum absolute atomic E-state index is 10.8. The van der Waals surface area contributed by atoms with Gasteiger partial charge < -0.3 is 4.98 Å². The Kier molecular flexibility index (Phi) is 2.96. The van der Waals surface area contributed by atoms with Crippen LogP contribution in [0.2, 0.25) is 0 Å². The Hall–Kier alpha value is -1.12. The molecule has 3 nitrogen and oxygen atoms in total. The van der Waals surface area contributed by atoms with Crippen molar-refractivity contribution in [1.29, 1.82) is 0 Å². The molecule has 0 unspecified atom stereocenters. The van der Waals surface area contributed by atoms with Crippen molar-refractivity contribution in [3.63, 3.8) is 0 Å². The van der Waals surface area contributed by atoms with Crippen LogP contribution in [0.4, 0.5) is 0 Å². The smallest absolute Gasteiger partial charge is 0.266 e. The maximum atomic E-state index is 10.8. The summed E-state index contributed by atoms with van der Waals surface area (Å²) in [4.78, 5) is 17.6. The highest BCUT2D eigenvalue weighted by molar-refractivity contribution is 4.96. The van der Waals surface area contributed by atoms with Crippen LogP contribution in [0.15, 0.2) is 17.2 Å². The second-order valence-corrected chi connectivity index (χ2v) is 4.11. The van der Waals surface area contributed by atoms with Gasteiger partial charge in [0.2, 0.25) is 0 Å². The van der Waals surface area contributed by atoms with Crippen LogP contribution in [0.3, 0.4) is 0 Å². The number of nitrogens with one attached hydrogen (secondary N) is 1. The van der Waals surface area contributed by atoms with Gasteiger partial charge in [-0.3, -0.25) is 9.78 Å². The fraction of sp³-hybridized carbons (Fsp3) is 0.636. The lowest BCUT2D eigenvalue weighted by Gasteiger charge is -2.20. The zero-order valence-corrected chi connectivity index (χ0v) is 8.33.